The van der Waals surface area contributed by atoms with E-state index in [2.05, 4.69) is 27.9 Å². The minimum absolute atomic E-state index is 0.0222. The molecule has 5 heteroatoms. The van der Waals surface area contributed by atoms with Crippen LogP contribution in [0.1, 0.15) is 34.6 Å². The molecule has 0 aromatic rings. The summed E-state index contributed by atoms with van der Waals surface area (Å²) in [5.74, 6) is -0.677. The number of carbonyl (C=O) groups is 2. The van der Waals surface area contributed by atoms with Gasteiger partial charge >= 0.3 is 5.97 Å². The molecule has 0 aliphatic carbocycles. The van der Waals surface area contributed by atoms with Crippen LogP contribution in [0.25, 0.3) is 0 Å². The molecule has 0 saturated heterocycles. The minimum Gasteiger partial charge on any atom is -0.460 e. The Kier molecular flexibility index (Phi) is 6.62. The first-order chi connectivity index (χ1) is 7.25. The van der Waals surface area contributed by atoms with E-state index >= 15 is 0 Å². The van der Waals surface area contributed by atoms with Gasteiger partial charge in [-0.1, -0.05) is 22.6 Å². The average Bonchev–Trinajstić information content (AvgIpc) is 2.13. The fraction of sp³-hybridized carbons (Fsp3) is 0.636. The maximum absolute atomic E-state index is 11.6. The van der Waals surface area contributed by atoms with Crippen LogP contribution >= 0.6 is 22.6 Å². The van der Waals surface area contributed by atoms with E-state index < -0.39 is 5.97 Å². The summed E-state index contributed by atoms with van der Waals surface area (Å²) in [7, 11) is 0. The molecule has 0 aliphatic heterocycles. The van der Waals surface area contributed by atoms with E-state index in [1.165, 1.54) is 0 Å². The zero-order chi connectivity index (χ0) is 12.9. The maximum Gasteiger partial charge on any atom is 0.334 e. The smallest absolute Gasteiger partial charge is 0.334 e. The van der Waals surface area contributed by atoms with E-state index in [9.17, 15) is 9.59 Å². The summed E-state index contributed by atoms with van der Waals surface area (Å²) in [5.41, 5.74) is 0.748. The Morgan fingerprint density at radius 1 is 1.12 bits per heavy atom. The fourth-order valence-electron chi connectivity index (χ4n) is 0.915. The summed E-state index contributed by atoms with van der Waals surface area (Å²) in [5, 5.41) is 2.71. The number of carbonyl (C=O) groups excluding carboxylic acids is 2. The lowest BCUT2D eigenvalue weighted by Gasteiger charge is -2.12. The van der Waals surface area contributed by atoms with Gasteiger partial charge in [-0.15, -0.1) is 0 Å². The molecule has 0 saturated carbocycles. The zero-order valence-corrected chi connectivity index (χ0v) is 12.4. The molecule has 0 bridgehead atoms. The van der Waals surface area contributed by atoms with Crippen molar-refractivity contribution < 1.29 is 14.3 Å². The van der Waals surface area contributed by atoms with E-state index in [0.29, 0.717) is 11.1 Å². The number of amides is 1. The van der Waals surface area contributed by atoms with Crippen molar-refractivity contribution in [3.63, 3.8) is 0 Å². The van der Waals surface area contributed by atoms with Crippen LogP contribution in [0.15, 0.2) is 11.1 Å². The molecule has 4 nitrogen and oxygen atoms in total. The van der Waals surface area contributed by atoms with Gasteiger partial charge in [0.1, 0.15) is 0 Å². The highest BCUT2D eigenvalue weighted by molar-refractivity contribution is 14.1. The third-order valence-corrected chi connectivity index (χ3v) is 2.19. The molecule has 0 unspecified atom stereocenters. The first-order valence-electron chi connectivity index (χ1n) is 5.09. The molecule has 1 amide bonds. The topological polar surface area (TPSA) is 55.4 Å². The van der Waals surface area contributed by atoms with Crippen LogP contribution < -0.4 is 5.32 Å². The molecule has 1 atom stereocenters. The molecule has 0 radical (unpaired) electrons. The molecule has 16 heavy (non-hydrogen) atoms. The summed E-state index contributed by atoms with van der Waals surface area (Å²) in [4.78, 5) is 23.1. The number of hydrogen-bond donors (Lipinski definition) is 1. The third-order valence-electron chi connectivity index (χ3n) is 1.88. The first kappa shape index (κ1) is 15.4. The molecule has 0 spiro atoms. The summed E-state index contributed by atoms with van der Waals surface area (Å²) in [6.45, 7) is 8.61. The summed E-state index contributed by atoms with van der Waals surface area (Å²) >= 11 is 2.08. The highest BCUT2D eigenvalue weighted by Gasteiger charge is 2.16. The fourth-order valence-corrected chi connectivity index (χ4v) is 1.20. The van der Waals surface area contributed by atoms with Gasteiger partial charge in [-0.3, -0.25) is 4.79 Å². The summed E-state index contributed by atoms with van der Waals surface area (Å²) < 4.78 is 5.03. The van der Waals surface area contributed by atoms with E-state index in [1.54, 1.807) is 27.7 Å². The normalized spacial score (nSPS) is 14.2. The number of hydrogen-bond acceptors (Lipinski definition) is 3. The van der Waals surface area contributed by atoms with Crippen molar-refractivity contribution >= 4 is 34.5 Å². The lowest BCUT2D eigenvalue weighted by molar-refractivity contribution is -0.142. The van der Waals surface area contributed by atoms with Gasteiger partial charge < -0.3 is 10.1 Å². The molecule has 92 valence electrons. The van der Waals surface area contributed by atoms with Crippen LogP contribution in [-0.4, -0.2) is 22.0 Å². The second kappa shape index (κ2) is 6.88. The first-order valence-corrected chi connectivity index (χ1v) is 6.33. The van der Waals surface area contributed by atoms with Crippen molar-refractivity contribution in [3.8, 4) is 0 Å². The van der Waals surface area contributed by atoms with Crippen LogP contribution in [0.4, 0.5) is 0 Å². The molecular formula is C11H18INO3. The summed E-state index contributed by atoms with van der Waals surface area (Å²) in [6, 6.07) is 0. The number of alkyl halides is 1. The van der Waals surface area contributed by atoms with Crippen molar-refractivity contribution in [1.29, 1.82) is 0 Å². The standard InChI is InChI=1S/C11H18INO3/c1-6(2)16-11(15)8(4)7(3)10(14)13-9(5)12/h6,9H,1-5H3,(H,13,14)/b8-7+/t9-/m0/s1. The van der Waals surface area contributed by atoms with Gasteiger partial charge in [0.25, 0.3) is 0 Å². The van der Waals surface area contributed by atoms with E-state index in [-0.39, 0.29) is 16.1 Å². The van der Waals surface area contributed by atoms with Crippen LogP contribution in [0.5, 0.6) is 0 Å². The SMILES string of the molecule is C/C(C(=O)N[C@@H](C)I)=C(/C)C(=O)OC(C)C. The molecule has 0 fully saturated rings. The molecule has 0 aliphatic rings. The van der Waals surface area contributed by atoms with Gasteiger partial charge in [0.15, 0.2) is 0 Å². The molecule has 0 heterocycles. The Morgan fingerprint density at radius 2 is 1.62 bits per heavy atom. The van der Waals surface area contributed by atoms with Gasteiger partial charge in [0.05, 0.1) is 10.2 Å². The molecule has 1 N–H and O–H groups in total. The Labute approximate surface area is 110 Å². The number of halogens is 1. The predicted molar refractivity (Wildman–Crippen MR) is 71.2 cm³/mol. The summed E-state index contributed by atoms with van der Waals surface area (Å²) in [6.07, 6.45) is -0.179. The largest absolute Gasteiger partial charge is 0.460 e. The zero-order valence-electron chi connectivity index (χ0n) is 10.3. The molecular weight excluding hydrogens is 321 g/mol. The number of rotatable bonds is 4. The van der Waals surface area contributed by atoms with Crippen LogP contribution in [0.3, 0.4) is 0 Å². The van der Waals surface area contributed by atoms with Gasteiger partial charge in [0, 0.05) is 11.1 Å². The van der Waals surface area contributed by atoms with Crippen LogP contribution in [0.2, 0.25) is 0 Å². The predicted octanol–water partition coefficient (Wildman–Crippen LogP) is 2.17. The van der Waals surface area contributed by atoms with Crippen LogP contribution in [0, 0.1) is 0 Å². The Hall–Kier alpha value is -0.590. The van der Waals surface area contributed by atoms with Gasteiger partial charge in [-0.2, -0.15) is 0 Å². The van der Waals surface area contributed by atoms with Gasteiger partial charge in [-0.25, -0.2) is 4.79 Å². The average molecular weight is 339 g/mol. The van der Waals surface area contributed by atoms with Crippen molar-refractivity contribution in [1.82, 2.24) is 5.32 Å². The monoisotopic (exact) mass is 339 g/mol. The second-order valence-electron chi connectivity index (χ2n) is 3.79. The molecule has 0 rings (SSSR count). The van der Waals surface area contributed by atoms with Crippen LogP contribution in [-0.2, 0) is 14.3 Å². The number of ether oxygens (including phenoxy) is 1. The highest BCUT2D eigenvalue weighted by Crippen LogP contribution is 2.08. The van der Waals surface area contributed by atoms with Crippen molar-refractivity contribution in [3.05, 3.63) is 11.1 Å². The Morgan fingerprint density at radius 3 is 2.00 bits per heavy atom. The molecule has 0 aromatic carbocycles. The van der Waals surface area contributed by atoms with E-state index in [4.69, 9.17) is 4.74 Å². The van der Waals surface area contributed by atoms with E-state index in [0.717, 1.165) is 0 Å². The lowest BCUT2D eigenvalue weighted by Crippen LogP contribution is -2.30. The maximum atomic E-state index is 11.6. The van der Waals surface area contributed by atoms with Crippen molar-refractivity contribution in [2.45, 2.75) is 44.8 Å². The van der Waals surface area contributed by atoms with Gasteiger partial charge in [0.2, 0.25) is 5.91 Å². The molecule has 0 aromatic heterocycles. The lowest BCUT2D eigenvalue weighted by atomic mass is 10.1. The second-order valence-corrected chi connectivity index (χ2v) is 5.66. The van der Waals surface area contributed by atoms with Crippen molar-refractivity contribution in [2.24, 2.45) is 0 Å². The number of nitrogens with one attached hydrogen (secondary N) is 1. The van der Waals surface area contributed by atoms with Gasteiger partial charge in [-0.05, 0) is 34.6 Å². The van der Waals surface area contributed by atoms with Crippen molar-refractivity contribution in [2.75, 3.05) is 0 Å². The Bertz CT molecular complexity index is 278. The minimum atomic E-state index is -0.441. The highest BCUT2D eigenvalue weighted by atomic mass is 127. The third kappa shape index (κ3) is 5.48. The Balaban J connectivity index is 4.68. The number of esters is 1. The van der Waals surface area contributed by atoms with E-state index in [1.807, 2.05) is 6.92 Å². The quantitative estimate of drug-likeness (QED) is 0.281.